The van der Waals surface area contributed by atoms with Crippen molar-refractivity contribution in [1.29, 1.82) is 0 Å². The molecule has 0 fully saturated rings. The van der Waals surface area contributed by atoms with Gasteiger partial charge in [-0.15, -0.1) is 10.2 Å². The van der Waals surface area contributed by atoms with Crippen molar-refractivity contribution in [3.8, 4) is 5.75 Å². The van der Waals surface area contributed by atoms with Gasteiger partial charge in [-0.3, -0.25) is 4.79 Å². The number of hydrogen-bond donors (Lipinski definition) is 1. The molecule has 1 amide bonds. The van der Waals surface area contributed by atoms with E-state index in [0.717, 1.165) is 34.2 Å². The van der Waals surface area contributed by atoms with Gasteiger partial charge in [0.25, 0.3) is 0 Å². The number of nitrogens with one attached hydrogen (secondary N) is 1. The normalized spacial score (nSPS) is 11.2. The summed E-state index contributed by atoms with van der Waals surface area (Å²) < 4.78 is 7.55. The number of carbonyl (C=O) groups excluding carboxylic acids is 1. The van der Waals surface area contributed by atoms with Gasteiger partial charge in [0.15, 0.2) is 5.65 Å². The van der Waals surface area contributed by atoms with Crippen LogP contribution in [0.15, 0.2) is 23.4 Å². The molecule has 3 rings (SSSR count). The molecular formula is C17H21N5O2S. The lowest BCUT2D eigenvalue weighted by Gasteiger charge is -2.02. The van der Waals surface area contributed by atoms with Crippen LogP contribution in [-0.4, -0.2) is 44.6 Å². The minimum atomic E-state index is -0.0195. The number of aryl methyl sites for hydroxylation is 1. The van der Waals surface area contributed by atoms with E-state index in [0.29, 0.717) is 18.3 Å². The second-order valence-electron chi connectivity index (χ2n) is 5.58. The minimum Gasteiger partial charge on any atom is -0.494 e. The van der Waals surface area contributed by atoms with E-state index in [1.54, 1.807) is 0 Å². The molecule has 3 aromatic rings. The van der Waals surface area contributed by atoms with Crippen LogP contribution < -0.4 is 10.1 Å². The van der Waals surface area contributed by atoms with E-state index in [1.807, 2.05) is 43.7 Å². The fourth-order valence-electron chi connectivity index (χ4n) is 2.59. The van der Waals surface area contributed by atoms with Crippen molar-refractivity contribution in [2.45, 2.75) is 25.4 Å². The summed E-state index contributed by atoms with van der Waals surface area (Å²) in [5.41, 5.74) is 2.50. The van der Waals surface area contributed by atoms with Crippen LogP contribution in [0.25, 0.3) is 22.1 Å². The molecule has 0 saturated carbocycles. The summed E-state index contributed by atoms with van der Waals surface area (Å²) >= 11 is 1.29. The number of nitrogens with zero attached hydrogens (tertiary/aromatic N) is 4. The van der Waals surface area contributed by atoms with E-state index in [-0.39, 0.29) is 11.7 Å². The van der Waals surface area contributed by atoms with Crippen molar-refractivity contribution < 1.29 is 9.53 Å². The van der Waals surface area contributed by atoms with Crippen LogP contribution in [-0.2, 0) is 11.8 Å². The Labute approximate surface area is 150 Å². The average Bonchev–Trinajstić information content (AvgIpc) is 2.90. The molecule has 0 aliphatic carbocycles. The standard InChI is InChI=1S/C17H21N5O2S/c1-4-8-18-14(23)10-25-17-19-16-15(20-21-17)12-9-11(24-5-2)6-7-13(12)22(16)3/h6-7,9H,4-5,8,10H2,1-3H3,(H,18,23). The molecule has 0 unspecified atom stereocenters. The predicted octanol–water partition coefficient (Wildman–Crippen LogP) is 2.53. The summed E-state index contributed by atoms with van der Waals surface area (Å²) in [5, 5.41) is 12.8. The highest BCUT2D eigenvalue weighted by Crippen LogP contribution is 2.29. The number of hydrogen-bond acceptors (Lipinski definition) is 6. The fraction of sp³-hybridized carbons (Fsp3) is 0.412. The number of fused-ring (bicyclic) bond motifs is 3. The van der Waals surface area contributed by atoms with Crippen LogP contribution in [0, 0.1) is 0 Å². The smallest absolute Gasteiger partial charge is 0.230 e. The Morgan fingerprint density at radius 2 is 2.16 bits per heavy atom. The van der Waals surface area contributed by atoms with Gasteiger partial charge in [-0.05, 0) is 31.5 Å². The summed E-state index contributed by atoms with van der Waals surface area (Å²) in [6.07, 6.45) is 0.917. The maximum Gasteiger partial charge on any atom is 0.230 e. The molecule has 8 heteroatoms. The average molecular weight is 359 g/mol. The van der Waals surface area contributed by atoms with Gasteiger partial charge in [-0.1, -0.05) is 18.7 Å². The van der Waals surface area contributed by atoms with Gasteiger partial charge in [0.2, 0.25) is 11.1 Å². The zero-order chi connectivity index (χ0) is 17.8. The monoisotopic (exact) mass is 359 g/mol. The summed E-state index contributed by atoms with van der Waals surface area (Å²) in [5.74, 6) is 1.07. The third-order valence-corrected chi connectivity index (χ3v) is 4.60. The van der Waals surface area contributed by atoms with Crippen LogP contribution >= 0.6 is 11.8 Å². The van der Waals surface area contributed by atoms with Crippen molar-refractivity contribution in [1.82, 2.24) is 25.1 Å². The Balaban J connectivity index is 1.88. The molecule has 1 N–H and O–H groups in total. The van der Waals surface area contributed by atoms with E-state index < -0.39 is 0 Å². The molecule has 2 heterocycles. The maximum absolute atomic E-state index is 11.7. The molecule has 25 heavy (non-hydrogen) atoms. The van der Waals surface area contributed by atoms with Crippen molar-refractivity contribution >= 4 is 39.7 Å². The van der Waals surface area contributed by atoms with E-state index in [2.05, 4.69) is 20.5 Å². The topological polar surface area (TPSA) is 81.9 Å². The quantitative estimate of drug-likeness (QED) is 0.653. The Bertz CT molecular complexity index is 909. The lowest BCUT2D eigenvalue weighted by atomic mass is 10.2. The first-order chi connectivity index (χ1) is 12.1. The summed E-state index contributed by atoms with van der Waals surface area (Å²) in [4.78, 5) is 16.3. The van der Waals surface area contributed by atoms with Crippen molar-refractivity contribution in [2.24, 2.45) is 7.05 Å². The maximum atomic E-state index is 11.7. The molecular weight excluding hydrogens is 338 g/mol. The molecule has 0 saturated heterocycles. The number of benzene rings is 1. The van der Waals surface area contributed by atoms with Crippen LogP contribution in [0.2, 0.25) is 0 Å². The Morgan fingerprint density at radius 1 is 1.32 bits per heavy atom. The van der Waals surface area contributed by atoms with Crippen LogP contribution in [0.3, 0.4) is 0 Å². The molecule has 2 aromatic heterocycles. The van der Waals surface area contributed by atoms with Gasteiger partial charge in [0.05, 0.1) is 17.9 Å². The first-order valence-corrected chi connectivity index (χ1v) is 9.27. The highest BCUT2D eigenvalue weighted by atomic mass is 32.2. The number of ether oxygens (including phenoxy) is 1. The van der Waals surface area contributed by atoms with Crippen molar-refractivity contribution in [3.63, 3.8) is 0 Å². The molecule has 0 radical (unpaired) electrons. The number of rotatable bonds is 7. The van der Waals surface area contributed by atoms with E-state index in [4.69, 9.17) is 4.74 Å². The molecule has 0 aliphatic heterocycles. The Kier molecular flexibility index (Phi) is 5.37. The molecule has 7 nitrogen and oxygen atoms in total. The van der Waals surface area contributed by atoms with Gasteiger partial charge in [0, 0.05) is 19.0 Å². The highest BCUT2D eigenvalue weighted by Gasteiger charge is 2.14. The second kappa shape index (κ2) is 7.69. The fourth-order valence-corrected chi connectivity index (χ4v) is 3.20. The third kappa shape index (κ3) is 3.68. The SMILES string of the molecule is CCCNC(=O)CSc1nnc2c3cc(OCC)ccc3n(C)c2n1. The Hall–Kier alpha value is -2.35. The van der Waals surface area contributed by atoms with Gasteiger partial charge in [-0.25, -0.2) is 4.98 Å². The van der Waals surface area contributed by atoms with E-state index in [9.17, 15) is 4.79 Å². The number of carbonyl (C=O) groups is 1. The largest absolute Gasteiger partial charge is 0.494 e. The van der Waals surface area contributed by atoms with Gasteiger partial charge < -0.3 is 14.6 Å². The molecule has 1 aromatic carbocycles. The van der Waals surface area contributed by atoms with Crippen molar-refractivity contribution in [3.05, 3.63) is 18.2 Å². The summed E-state index contributed by atoms with van der Waals surface area (Å²) in [6, 6.07) is 5.89. The summed E-state index contributed by atoms with van der Waals surface area (Å²) in [6.45, 7) is 5.27. The van der Waals surface area contributed by atoms with Gasteiger partial charge >= 0.3 is 0 Å². The number of thioether (sulfide) groups is 1. The molecule has 132 valence electrons. The number of aromatic nitrogens is 4. The first-order valence-electron chi connectivity index (χ1n) is 8.29. The van der Waals surface area contributed by atoms with Crippen LogP contribution in [0.5, 0.6) is 5.75 Å². The van der Waals surface area contributed by atoms with E-state index in [1.165, 1.54) is 11.8 Å². The van der Waals surface area contributed by atoms with Crippen LogP contribution in [0.4, 0.5) is 0 Å². The van der Waals surface area contributed by atoms with Gasteiger partial charge in [-0.2, -0.15) is 0 Å². The highest BCUT2D eigenvalue weighted by molar-refractivity contribution is 7.99. The molecule has 0 spiro atoms. The predicted molar refractivity (Wildman–Crippen MR) is 99.0 cm³/mol. The van der Waals surface area contributed by atoms with Gasteiger partial charge in [0.1, 0.15) is 11.3 Å². The third-order valence-electron chi connectivity index (χ3n) is 3.77. The summed E-state index contributed by atoms with van der Waals surface area (Å²) in [7, 11) is 1.95. The first kappa shape index (κ1) is 17.5. The van der Waals surface area contributed by atoms with Crippen LogP contribution in [0.1, 0.15) is 20.3 Å². The second-order valence-corrected chi connectivity index (χ2v) is 6.52. The lowest BCUT2D eigenvalue weighted by molar-refractivity contribution is -0.118. The molecule has 0 bridgehead atoms. The Morgan fingerprint density at radius 3 is 2.92 bits per heavy atom. The lowest BCUT2D eigenvalue weighted by Crippen LogP contribution is -2.25. The van der Waals surface area contributed by atoms with Crippen molar-refractivity contribution in [2.75, 3.05) is 18.9 Å². The molecule has 0 aliphatic rings. The zero-order valence-electron chi connectivity index (χ0n) is 14.6. The van der Waals surface area contributed by atoms with E-state index >= 15 is 0 Å². The number of amides is 1. The molecule has 0 atom stereocenters. The minimum absolute atomic E-state index is 0.0195. The zero-order valence-corrected chi connectivity index (χ0v) is 15.4.